The SMILES string of the molecule is CCCN(CCSc1ccc(O)c(C)c1)S(=O)(=O)c1cccc(C(F)(F)F)c1. The fourth-order valence-electron chi connectivity index (χ4n) is 2.57. The molecule has 0 unspecified atom stereocenters. The Hall–Kier alpha value is -1.71. The molecule has 28 heavy (non-hydrogen) atoms. The molecule has 0 radical (unpaired) electrons. The summed E-state index contributed by atoms with van der Waals surface area (Å²) in [7, 11) is -4.04. The summed E-state index contributed by atoms with van der Waals surface area (Å²) in [4.78, 5) is 0.518. The first kappa shape index (κ1) is 22.6. The van der Waals surface area contributed by atoms with Crippen LogP contribution in [0.1, 0.15) is 24.5 Å². The minimum absolute atomic E-state index is 0.164. The summed E-state index contributed by atoms with van der Waals surface area (Å²) < 4.78 is 65.7. The number of sulfonamides is 1. The van der Waals surface area contributed by atoms with Crippen LogP contribution in [0.4, 0.5) is 13.2 Å². The largest absolute Gasteiger partial charge is 0.508 e. The summed E-state index contributed by atoms with van der Waals surface area (Å²) in [5.74, 6) is 0.617. The predicted molar refractivity (Wildman–Crippen MR) is 104 cm³/mol. The van der Waals surface area contributed by atoms with Gasteiger partial charge in [-0.15, -0.1) is 11.8 Å². The van der Waals surface area contributed by atoms with Gasteiger partial charge in [-0.3, -0.25) is 0 Å². The average Bonchev–Trinajstić information content (AvgIpc) is 2.63. The van der Waals surface area contributed by atoms with Crippen molar-refractivity contribution in [2.24, 2.45) is 0 Å². The number of halogens is 3. The van der Waals surface area contributed by atoms with Gasteiger partial charge in [-0.05, 0) is 55.3 Å². The van der Waals surface area contributed by atoms with E-state index in [1.54, 1.807) is 25.1 Å². The highest BCUT2D eigenvalue weighted by molar-refractivity contribution is 7.99. The average molecular weight is 434 g/mol. The number of alkyl halides is 3. The van der Waals surface area contributed by atoms with E-state index in [0.29, 0.717) is 23.8 Å². The first-order valence-electron chi connectivity index (χ1n) is 8.65. The molecule has 0 aromatic heterocycles. The maximum atomic E-state index is 12.9. The molecule has 0 saturated carbocycles. The smallest absolute Gasteiger partial charge is 0.416 e. The molecule has 0 bridgehead atoms. The van der Waals surface area contributed by atoms with Crippen LogP contribution in [0.15, 0.2) is 52.3 Å². The molecule has 4 nitrogen and oxygen atoms in total. The standard InChI is InChI=1S/C19H22F3NO3S2/c1-3-9-23(10-11-27-16-7-8-18(24)14(2)12-16)28(25,26)17-6-4-5-15(13-17)19(20,21)22/h4-8,12-13,24H,3,9-11H2,1-2H3. The number of nitrogens with zero attached hydrogens (tertiary/aromatic N) is 1. The molecule has 2 aromatic rings. The Morgan fingerprint density at radius 2 is 1.82 bits per heavy atom. The van der Waals surface area contributed by atoms with E-state index >= 15 is 0 Å². The monoisotopic (exact) mass is 433 g/mol. The molecule has 154 valence electrons. The van der Waals surface area contributed by atoms with E-state index in [1.807, 2.05) is 6.92 Å². The van der Waals surface area contributed by atoms with Gasteiger partial charge in [0.1, 0.15) is 5.75 Å². The molecular weight excluding hydrogens is 411 g/mol. The summed E-state index contributed by atoms with van der Waals surface area (Å²) in [5, 5.41) is 9.56. The number of thioether (sulfide) groups is 1. The maximum absolute atomic E-state index is 12.9. The first-order chi connectivity index (χ1) is 13.1. The first-order valence-corrected chi connectivity index (χ1v) is 11.1. The Morgan fingerprint density at radius 3 is 2.43 bits per heavy atom. The lowest BCUT2D eigenvalue weighted by atomic mass is 10.2. The third kappa shape index (κ3) is 5.65. The minimum atomic E-state index is -4.60. The Labute approximate surface area is 167 Å². The van der Waals surface area contributed by atoms with Crippen LogP contribution >= 0.6 is 11.8 Å². The van der Waals surface area contributed by atoms with Gasteiger partial charge in [0.15, 0.2) is 0 Å². The van der Waals surface area contributed by atoms with Crippen molar-refractivity contribution in [2.75, 3.05) is 18.8 Å². The van der Waals surface area contributed by atoms with Crippen molar-refractivity contribution in [3.05, 3.63) is 53.6 Å². The van der Waals surface area contributed by atoms with Crippen LogP contribution < -0.4 is 0 Å². The fraction of sp³-hybridized carbons (Fsp3) is 0.368. The number of hydrogen-bond acceptors (Lipinski definition) is 4. The second kappa shape index (κ2) is 9.19. The van der Waals surface area contributed by atoms with E-state index in [0.717, 1.165) is 17.0 Å². The predicted octanol–water partition coefficient (Wildman–Crippen LogP) is 4.91. The lowest BCUT2D eigenvalue weighted by Crippen LogP contribution is -2.34. The van der Waals surface area contributed by atoms with Crippen LogP contribution in [0.3, 0.4) is 0 Å². The number of aryl methyl sites for hydroxylation is 1. The van der Waals surface area contributed by atoms with Crippen LogP contribution in [0, 0.1) is 6.92 Å². The van der Waals surface area contributed by atoms with E-state index in [1.165, 1.54) is 22.1 Å². The summed E-state index contributed by atoms with van der Waals surface area (Å²) in [6.45, 7) is 3.96. The zero-order chi connectivity index (χ0) is 20.9. The van der Waals surface area contributed by atoms with Crippen LogP contribution in [0.25, 0.3) is 0 Å². The lowest BCUT2D eigenvalue weighted by molar-refractivity contribution is -0.137. The maximum Gasteiger partial charge on any atom is 0.416 e. The molecule has 0 amide bonds. The van der Waals surface area contributed by atoms with Crippen LogP contribution in [-0.2, 0) is 16.2 Å². The van der Waals surface area contributed by atoms with E-state index in [9.17, 15) is 26.7 Å². The molecule has 0 spiro atoms. The van der Waals surface area contributed by atoms with Gasteiger partial charge in [-0.2, -0.15) is 17.5 Å². The van der Waals surface area contributed by atoms with Crippen LogP contribution in [-0.4, -0.2) is 36.7 Å². The third-order valence-electron chi connectivity index (χ3n) is 4.05. The highest BCUT2D eigenvalue weighted by atomic mass is 32.2. The Morgan fingerprint density at radius 1 is 1.11 bits per heavy atom. The summed E-state index contributed by atoms with van der Waals surface area (Å²) in [6.07, 6.45) is -4.06. The van der Waals surface area contributed by atoms with Gasteiger partial charge in [0.25, 0.3) is 0 Å². The lowest BCUT2D eigenvalue weighted by Gasteiger charge is -2.22. The van der Waals surface area contributed by atoms with Gasteiger partial charge in [0, 0.05) is 23.7 Å². The van der Waals surface area contributed by atoms with E-state index in [4.69, 9.17) is 0 Å². The van der Waals surface area contributed by atoms with Crippen LogP contribution in [0.5, 0.6) is 5.75 Å². The van der Waals surface area contributed by atoms with Crippen molar-refractivity contribution in [3.63, 3.8) is 0 Å². The van der Waals surface area contributed by atoms with Crippen molar-refractivity contribution in [2.45, 2.75) is 36.2 Å². The number of aromatic hydroxyl groups is 1. The molecule has 2 rings (SSSR count). The van der Waals surface area contributed by atoms with Crippen LogP contribution in [0.2, 0.25) is 0 Å². The zero-order valence-electron chi connectivity index (χ0n) is 15.5. The molecule has 9 heteroatoms. The molecule has 0 saturated heterocycles. The zero-order valence-corrected chi connectivity index (χ0v) is 17.2. The third-order valence-corrected chi connectivity index (χ3v) is 6.92. The number of phenolic OH excluding ortho intramolecular Hbond substituents is 1. The van der Waals surface area contributed by atoms with Crippen molar-refractivity contribution in [3.8, 4) is 5.75 Å². The molecule has 0 aliphatic rings. The van der Waals surface area contributed by atoms with E-state index in [2.05, 4.69) is 0 Å². The molecular formula is C19H22F3NO3S2. The highest BCUT2D eigenvalue weighted by Gasteiger charge is 2.32. The molecule has 0 heterocycles. The molecule has 0 fully saturated rings. The minimum Gasteiger partial charge on any atom is -0.508 e. The van der Waals surface area contributed by atoms with E-state index in [-0.39, 0.29) is 23.7 Å². The molecule has 0 atom stereocenters. The summed E-state index contributed by atoms with van der Waals surface area (Å²) in [5.41, 5.74) is -0.272. The Bertz CT molecular complexity index is 915. The van der Waals surface area contributed by atoms with Gasteiger partial charge >= 0.3 is 6.18 Å². The van der Waals surface area contributed by atoms with Gasteiger partial charge in [-0.25, -0.2) is 8.42 Å². The summed E-state index contributed by atoms with van der Waals surface area (Å²) >= 11 is 1.42. The topological polar surface area (TPSA) is 57.6 Å². The van der Waals surface area contributed by atoms with Gasteiger partial charge in [-0.1, -0.05) is 13.0 Å². The number of hydrogen-bond donors (Lipinski definition) is 1. The van der Waals surface area contributed by atoms with Crippen molar-refractivity contribution in [1.29, 1.82) is 0 Å². The van der Waals surface area contributed by atoms with E-state index < -0.39 is 21.8 Å². The second-order valence-corrected chi connectivity index (χ2v) is 9.33. The summed E-state index contributed by atoms with van der Waals surface area (Å²) in [6, 6.07) is 8.92. The number of phenols is 1. The van der Waals surface area contributed by atoms with Gasteiger partial charge < -0.3 is 5.11 Å². The van der Waals surface area contributed by atoms with Crippen molar-refractivity contribution < 1.29 is 26.7 Å². The van der Waals surface area contributed by atoms with Gasteiger partial charge in [0.2, 0.25) is 10.0 Å². The normalized spacial score (nSPS) is 12.5. The second-order valence-electron chi connectivity index (χ2n) is 6.23. The molecule has 2 aromatic carbocycles. The number of rotatable bonds is 8. The Kier molecular flexibility index (Phi) is 7.41. The van der Waals surface area contributed by atoms with Gasteiger partial charge in [0.05, 0.1) is 10.5 Å². The molecule has 1 N–H and O–H groups in total. The highest BCUT2D eigenvalue weighted by Crippen LogP contribution is 2.31. The van der Waals surface area contributed by atoms with Crippen molar-refractivity contribution >= 4 is 21.8 Å². The van der Waals surface area contributed by atoms with Crippen molar-refractivity contribution in [1.82, 2.24) is 4.31 Å². The molecule has 0 aliphatic carbocycles. The molecule has 0 aliphatic heterocycles. The Balaban J connectivity index is 2.16. The quantitative estimate of drug-likeness (QED) is 0.601. The fourth-order valence-corrected chi connectivity index (χ4v) is 5.23. The number of benzene rings is 2.